The number of nitrogens with zero attached hydrogens (tertiary/aromatic N) is 2. The van der Waals surface area contributed by atoms with Crippen LogP contribution in [-0.4, -0.2) is 33.5 Å². The smallest absolute Gasteiger partial charge is 0.301 e. The molecule has 4 rings (SSSR count). The number of rotatable bonds is 5. The normalized spacial score (nSPS) is 17.7. The second kappa shape index (κ2) is 8.47. The number of thiazole rings is 1. The largest absolute Gasteiger partial charge is 0.507 e. The van der Waals surface area contributed by atoms with Crippen LogP contribution in [0, 0.1) is 13.8 Å². The Labute approximate surface area is 189 Å². The molecule has 0 spiro atoms. The van der Waals surface area contributed by atoms with Crippen molar-refractivity contribution >= 4 is 33.9 Å². The zero-order valence-electron chi connectivity index (χ0n) is 17.8. The summed E-state index contributed by atoms with van der Waals surface area (Å²) >= 11 is 1.30. The van der Waals surface area contributed by atoms with E-state index in [-0.39, 0.29) is 22.8 Å². The minimum atomic E-state index is -0.931. The lowest BCUT2D eigenvalue weighted by molar-refractivity contribution is -0.132. The first-order chi connectivity index (χ1) is 15.3. The van der Waals surface area contributed by atoms with Crippen LogP contribution in [0.3, 0.4) is 0 Å². The zero-order chi connectivity index (χ0) is 23.0. The molecule has 164 valence electrons. The van der Waals surface area contributed by atoms with Gasteiger partial charge in [0.05, 0.1) is 23.9 Å². The number of ether oxygens (including phenoxy) is 1. The Kier molecular flexibility index (Phi) is 5.71. The summed E-state index contributed by atoms with van der Waals surface area (Å²) in [7, 11) is 0. The van der Waals surface area contributed by atoms with E-state index in [0.717, 1.165) is 10.6 Å². The van der Waals surface area contributed by atoms with Crippen molar-refractivity contribution in [1.82, 2.24) is 4.98 Å². The Morgan fingerprint density at radius 2 is 1.88 bits per heavy atom. The molecule has 1 aliphatic rings. The highest BCUT2D eigenvalue weighted by Crippen LogP contribution is 2.45. The molecule has 2 heterocycles. The summed E-state index contributed by atoms with van der Waals surface area (Å²) < 4.78 is 5.51. The minimum absolute atomic E-state index is 0.0418. The van der Waals surface area contributed by atoms with E-state index in [1.807, 2.05) is 13.8 Å². The lowest BCUT2D eigenvalue weighted by Crippen LogP contribution is -2.29. The van der Waals surface area contributed by atoms with Crippen molar-refractivity contribution in [1.29, 1.82) is 0 Å². The van der Waals surface area contributed by atoms with E-state index in [2.05, 4.69) is 4.98 Å². The summed E-state index contributed by atoms with van der Waals surface area (Å²) in [6, 6.07) is 12.3. The number of phenols is 1. The maximum atomic E-state index is 13.2. The van der Waals surface area contributed by atoms with Crippen molar-refractivity contribution in [3.8, 4) is 11.5 Å². The highest BCUT2D eigenvalue weighted by Gasteiger charge is 2.48. The zero-order valence-corrected chi connectivity index (χ0v) is 18.6. The van der Waals surface area contributed by atoms with Gasteiger partial charge in [-0.2, -0.15) is 0 Å². The van der Waals surface area contributed by atoms with Gasteiger partial charge in [-0.15, -0.1) is 11.3 Å². The Balaban J connectivity index is 1.96. The van der Waals surface area contributed by atoms with Crippen molar-refractivity contribution in [3.05, 3.63) is 75.8 Å². The van der Waals surface area contributed by atoms with E-state index in [0.29, 0.717) is 22.9 Å². The van der Waals surface area contributed by atoms with Crippen molar-refractivity contribution in [2.24, 2.45) is 0 Å². The van der Waals surface area contributed by atoms with Crippen LogP contribution >= 0.6 is 11.3 Å². The molecule has 1 fully saturated rings. The number of hydrogen-bond donors (Lipinski definition) is 2. The first-order valence-corrected chi connectivity index (χ1v) is 10.9. The molecule has 0 saturated carbocycles. The summed E-state index contributed by atoms with van der Waals surface area (Å²) in [6.45, 7) is 5.83. The van der Waals surface area contributed by atoms with Crippen LogP contribution in [0.5, 0.6) is 11.5 Å². The molecule has 0 radical (unpaired) electrons. The number of phenolic OH excluding ortho intramolecular Hbond substituents is 1. The topological polar surface area (TPSA) is 100.0 Å². The van der Waals surface area contributed by atoms with Crippen LogP contribution in [-0.2, 0) is 9.59 Å². The van der Waals surface area contributed by atoms with Crippen LogP contribution in [0.15, 0.2) is 54.1 Å². The molecule has 3 aromatic rings. The fourth-order valence-corrected chi connectivity index (χ4v) is 4.56. The van der Waals surface area contributed by atoms with E-state index in [1.54, 1.807) is 49.4 Å². The van der Waals surface area contributed by atoms with Crippen LogP contribution in [0.2, 0.25) is 0 Å². The van der Waals surface area contributed by atoms with Gasteiger partial charge in [0.2, 0.25) is 0 Å². The van der Waals surface area contributed by atoms with E-state index >= 15 is 0 Å². The third kappa shape index (κ3) is 3.62. The third-order valence-corrected chi connectivity index (χ3v) is 6.39. The first kappa shape index (κ1) is 21.6. The van der Waals surface area contributed by atoms with E-state index in [1.165, 1.54) is 22.3 Å². The van der Waals surface area contributed by atoms with Gasteiger partial charge in [-0.25, -0.2) is 4.98 Å². The summed E-state index contributed by atoms with van der Waals surface area (Å²) in [5.41, 5.74) is 1.65. The maximum absolute atomic E-state index is 13.2. The average molecular weight is 451 g/mol. The molecular formula is C24H22N2O5S. The number of aliphatic hydroxyl groups excluding tert-OH is 1. The van der Waals surface area contributed by atoms with E-state index < -0.39 is 17.7 Å². The van der Waals surface area contributed by atoms with Crippen LogP contribution in [0.25, 0.3) is 5.76 Å². The first-order valence-electron chi connectivity index (χ1n) is 10.1. The average Bonchev–Trinajstić information content (AvgIpc) is 3.25. The molecule has 0 unspecified atom stereocenters. The van der Waals surface area contributed by atoms with Gasteiger partial charge < -0.3 is 14.9 Å². The molecule has 0 aliphatic carbocycles. The number of aryl methyl sites for hydroxylation is 2. The monoisotopic (exact) mass is 450 g/mol. The number of hydrogen-bond acceptors (Lipinski definition) is 7. The van der Waals surface area contributed by atoms with Gasteiger partial charge in [0.15, 0.2) is 16.6 Å². The molecule has 0 bridgehead atoms. The van der Waals surface area contributed by atoms with Crippen molar-refractivity contribution < 1.29 is 24.5 Å². The van der Waals surface area contributed by atoms with Crippen LogP contribution in [0.1, 0.15) is 34.7 Å². The Morgan fingerprint density at radius 1 is 1.16 bits per heavy atom. The van der Waals surface area contributed by atoms with Crippen LogP contribution in [0.4, 0.5) is 5.13 Å². The number of aromatic hydroxyl groups is 1. The summed E-state index contributed by atoms with van der Waals surface area (Å²) in [5, 5.41) is 21.6. The van der Waals surface area contributed by atoms with Crippen LogP contribution < -0.4 is 9.64 Å². The Hall–Kier alpha value is -3.65. The number of aliphatic hydroxyl groups is 1. The van der Waals surface area contributed by atoms with Gasteiger partial charge >= 0.3 is 5.91 Å². The number of Topliss-reactive ketones (excluding diaryl/α,β-unsaturated/α-hetero) is 1. The predicted octanol–water partition coefficient (Wildman–Crippen LogP) is 4.49. The number of carbonyl (C=O) groups is 2. The Morgan fingerprint density at radius 3 is 2.50 bits per heavy atom. The summed E-state index contributed by atoms with van der Waals surface area (Å²) in [6.07, 6.45) is 0. The minimum Gasteiger partial charge on any atom is -0.507 e. The summed E-state index contributed by atoms with van der Waals surface area (Å²) in [4.78, 5) is 33.0. The predicted molar refractivity (Wildman–Crippen MR) is 122 cm³/mol. The molecule has 7 nitrogen and oxygen atoms in total. The van der Waals surface area contributed by atoms with E-state index in [4.69, 9.17) is 4.74 Å². The molecule has 1 aromatic heterocycles. The van der Waals surface area contributed by atoms with Gasteiger partial charge in [-0.1, -0.05) is 36.4 Å². The molecule has 8 heteroatoms. The number of ketones is 1. The second-order valence-corrected chi connectivity index (χ2v) is 8.51. The molecule has 32 heavy (non-hydrogen) atoms. The van der Waals surface area contributed by atoms with Crippen molar-refractivity contribution in [2.45, 2.75) is 26.8 Å². The number of benzene rings is 2. The fraction of sp³-hybridized carbons (Fsp3) is 0.208. The highest BCUT2D eigenvalue weighted by molar-refractivity contribution is 7.16. The second-order valence-electron chi connectivity index (χ2n) is 7.33. The molecule has 2 aromatic carbocycles. The molecule has 1 aliphatic heterocycles. The van der Waals surface area contributed by atoms with Gasteiger partial charge in [0.1, 0.15) is 5.76 Å². The number of amides is 1. The SMILES string of the molecule is CCOc1cc([C@H]2C(=C(O)c3ccccc3)C(=O)C(=O)N2c2nc(C)c(C)s2)ccc1O. The molecule has 1 saturated heterocycles. The Bertz CT molecular complexity index is 1210. The van der Waals surface area contributed by atoms with Gasteiger partial charge in [0, 0.05) is 10.4 Å². The van der Waals surface area contributed by atoms with Crippen molar-refractivity contribution in [3.63, 3.8) is 0 Å². The quantitative estimate of drug-likeness (QED) is 0.338. The number of carbonyl (C=O) groups excluding carboxylic acids is 2. The molecule has 1 atom stereocenters. The maximum Gasteiger partial charge on any atom is 0.301 e. The standard InChI is InChI=1S/C24H22N2O5S/c1-4-31-18-12-16(10-11-17(18)27)20-19(21(28)15-8-6-5-7-9-15)22(29)23(30)26(20)24-25-13(2)14(3)32-24/h5-12,20,27-28H,4H2,1-3H3/t20-/m0/s1. The lowest BCUT2D eigenvalue weighted by atomic mass is 9.95. The van der Waals surface area contributed by atoms with Crippen molar-refractivity contribution in [2.75, 3.05) is 11.5 Å². The molecule has 1 amide bonds. The van der Waals surface area contributed by atoms with Gasteiger partial charge in [-0.3, -0.25) is 14.5 Å². The number of aromatic nitrogens is 1. The molecular weight excluding hydrogens is 428 g/mol. The number of anilines is 1. The molecule has 2 N–H and O–H groups in total. The lowest BCUT2D eigenvalue weighted by Gasteiger charge is -2.23. The summed E-state index contributed by atoms with van der Waals surface area (Å²) in [5.74, 6) is -1.68. The van der Waals surface area contributed by atoms with Gasteiger partial charge in [0.25, 0.3) is 5.78 Å². The van der Waals surface area contributed by atoms with Gasteiger partial charge in [-0.05, 0) is 38.5 Å². The fourth-order valence-electron chi connectivity index (χ4n) is 3.63. The highest BCUT2D eigenvalue weighted by atomic mass is 32.1. The van der Waals surface area contributed by atoms with E-state index in [9.17, 15) is 19.8 Å². The third-order valence-electron chi connectivity index (χ3n) is 5.31.